The first-order valence-electron chi connectivity index (χ1n) is 7.61. The highest BCUT2D eigenvalue weighted by Gasteiger charge is 2.23. The monoisotopic (exact) mass is 401 g/mol. The summed E-state index contributed by atoms with van der Waals surface area (Å²) < 4.78 is 60.6. The Morgan fingerprint density at radius 1 is 1.19 bits per heavy atom. The molecule has 0 fully saturated rings. The molecule has 27 heavy (non-hydrogen) atoms. The molecule has 0 unspecified atom stereocenters. The van der Waals surface area contributed by atoms with Crippen LogP contribution in [0.2, 0.25) is 5.02 Å². The Morgan fingerprint density at radius 2 is 1.81 bits per heavy atom. The molecule has 5 nitrogen and oxygen atoms in total. The summed E-state index contributed by atoms with van der Waals surface area (Å²) in [6.07, 6.45) is 0. The number of aryl methyl sites for hydroxylation is 1. The largest absolute Gasteiger partial charge is 0.454 e. The molecule has 0 aliphatic rings. The highest BCUT2D eigenvalue weighted by Crippen LogP contribution is 2.25. The van der Waals surface area contributed by atoms with Gasteiger partial charge in [0.1, 0.15) is 11.4 Å². The molecule has 0 saturated heterocycles. The van der Waals surface area contributed by atoms with Crippen molar-refractivity contribution in [2.24, 2.45) is 0 Å². The number of hydrogen-bond donors (Lipinski definition) is 1. The number of halogens is 5. The van der Waals surface area contributed by atoms with Gasteiger partial charge in [0.15, 0.2) is 29.0 Å². The molecule has 0 spiro atoms. The number of hydrogen-bond acceptors (Lipinski definition) is 3. The van der Waals surface area contributed by atoms with Crippen LogP contribution in [0.25, 0.3) is 0 Å². The second-order valence-corrected chi connectivity index (χ2v) is 6.08. The molecule has 10 heteroatoms. The third-order valence-electron chi connectivity index (χ3n) is 3.83. The van der Waals surface area contributed by atoms with Crippen molar-refractivity contribution in [3.05, 3.63) is 69.4 Å². The fraction of sp³-hybridized carbons (Fsp3) is 0.176. The van der Waals surface area contributed by atoms with E-state index in [1.54, 1.807) is 23.8 Å². The van der Waals surface area contributed by atoms with Crippen LogP contribution in [-0.2, 0) is 6.54 Å². The lowest BCUT2D eigenvalue weighted by atomic mass is 10.2. The van der Waals surface area contributed by atoms with Gasteiger partial charge in [-0.2, -0.15) is 5.10 Å². The maximum absolute atomic E-state index is 13.6. The summed E-state index contributed by atoms with van der Waals surface area (Å²) in [5.74, 6) is -7.76. The highest BCUT2D eigenvalue weighted by atomic mass is 35.5. The molecule has 0 atom stereocenters. The van der Waals surface area contributed by atoms with Gasteiger partial charge in [0.25, 0.3) is 5.91 Å². The van der Waals surface area contributed by atoms with E-state index in [0.29, 0.717) is 22.2 Å². The van der Waals surface area contributed by atoms with Gasteiger partial charge in [-0.25, -0.2) is 17.6 Å². The number of benzene rings is 1. The third-order valence-corrected chi connectivity index (χ3v) is 4.38. The average molecular weight is 402 g/mol. The predicted octanol–water partition coefficient (Wildman–Crippen LogP) is 4.60. The van der Waals surface area contributed by atoms with Gasteiger partial charge in [-0.3, -0.25) is 9.48 Å². The Kier molecular flexibility index (Phi) is 4.97. The molecule has 0 saturated carbocycles. The van der Waals surface area contributed by atoms with Gasteiger partial charge in [0.2, 0.25) is 0 Å². The zero-order chi connectivity index (χ0) is 19.9. The normalized spacial score (nSPS) is 11.1. The minimum atomic E-state index is -1.72. The van der Waals surface area contributed by atoms with Crippen LogP contribution in [-0.4, -0.2) is 15.7 Å². The molecule has 3 rings (SSSR count). The van der Waals surface area contributed by atoms with E-state index in [2.05, 4.69) is 5.10 Å². The molecule has 2 heterocycles. The Bertz CT molecular complexity index is 1020. The first kappa shape index (κ1) is 19.0. The number of nitrogens with zero attached hydrogens (tertiary/aromatic N) is 2. The van der Waals surface area contributed by atoms with Gasteiger partial charge in [0.05, 0.1) is 23.0 Å². The number of aromatic nitrogens is 2. The van der Waals surface area contributed by atoms with E-state index in [0.717, 1.165) is 0 Å². The first-order chi connectivity index (χ1) is 12.7. The van der Waals surface area contributed by atoms with Crippen LogP contribution in [0.4, 0.5) is 23.2 Å². The highest BCUT2D eigenvalue weighted by molar-refractivity contribution is 6.31. The molecular weight excluding hydrogens is 390 g/mol. The van der Waals surface area contributed by atoms with Crippen LogP contribution in [0.1, 0.15) is 27.7 Å². The minimum Gasteiger partial charge on any atom is -0.454 e. The number of amides is 1. The van der Waals surface area contributed by atoms with Gasteiger partial charge < -0.3 is 9.73 Å². The van der Waals surface area contributed by atoms with Crippen molar-refractivity contribution in [1.29, 1.82) is 0 Å². The van der Waals surface area contributed by atoms with Crippen molar-refractivity contribution in [3.8, 4) is 0 Å². The van der Waals surface area contributed by atoms with Gasteiger partial charge >= 0.3 is 0 Å². The predicted molar refractivity (Wildman–Crippen MR) is 88.7 cm³/mol. The van der Waals surface area contributed by atoms with Gasteiger partial charge in [-0.05, 0) is 26.0 Å². The van der Waals surface area contributed by atoms with Crippen LogP contribution in [0.5, 0.6) is 0 Å². The molecule has 3 aromatic rings. The molecular formula is C17H12ClF4N3O2. The van der Waals surface area contributed by atoms with Crippen LogP contribution in [0, 0.1) is 37.1 Å². The van der Waals surface area contributed by atoms with E-state index < -0.39 is 34.9 Å². The molecule has 0 radical (unpaired) electrons. The van der Waals surface area contributed by atoms with Crippen molar-refractivity contribution in [1.82, 2.24) is 9.78 Å². The zero-order valence-electron chi connectivity index (χ0n) is 14.0. The number of rotatable bonds is 4. The van der Waals surface area contributed by atoms with Crippen LogP contribution < -0.4 is 5.32 Å². The molecule has 0 aliphatic carbocycles. The summed E-state index contributed by atoms with van der Waals surface area (Å²) in [4.78, 5) is 12.1. The summed E-state index contributed by atoms with van der Waals surface area (Å²) in [5, 5.41) is 6.48. The number of furan rings is 1. The number of carbonyl (C=O) groups is 1. The molecule has 1 amide bonds. The van der Waals surface area contributed by atoms with E-state index in [4.69, 9.17) is 16.0 Å². The quantitative estimate of drug-likeness (QED) is 0.513. The number of anilines is 1. The van der Waals surface area contributed by atoms with E-state index in [9.17, 15) is 22.4 Å². The Hall–Kier alpha value is -2.81. The van der Waals surface area contributed by atoms with Crippen molar-refractivity contribution in [3.63, 3.8) is 0 Å². The van der Waals surface area contributed by atoms with Crippen molar-refractivity contribution >= 4 is 23.2 Å². The fourth-order valence-corrected chi connectivity index (χ4v) is 2.55. The van der Waals surface area contributed by atoms with E-state index in [-0.39, 0.29) is 18.4 Å². The lowest BCUT2D eigenvalue weighted by molar-refractivity contribution is 0.0993. The minimum absolute atomic E-state index is 0.0465. The zero-order valence-corrected chi connectivity index (χ0v) is 14.8. The summed E-state index contributed by atoms with van der Waals surface area (Å²) in [7, 11) is 0. The van der Waals surface area contributed by atoms with Gasteiger partial charge in [0, 0.05) is 6.07 Å². The van der Waals surface area contributed by atoms with E-state index in [1.807, 2.05) is 0 Å². The molecule has 1 N–H and O–H groups in total. The van der Waals surface area contributed by atoms with Crippen molar-refractivity contribution < 1.29 is 26.8 Å². The van der Waals surface area contributed by atoms with E-state index in [1.165, 1.54) is 12.1 Å². The fourth-order valence-electron chi connectivity index (χ4n) is 2.42. The van der Waals surface area contributed by atoms with Gasteiger partial charge in [-0.15, -0.1) is 0 Å². The summed E-state index contributed by atoms with van der Waals surface area (Å²) in [6, 6.07) is 2.76. The van der Waals surface area contributed by atoms with Crippen LogP contribution in [0.15, 0.2) is 22.6 Å². The number of nitrogens with one attached hydrogen (secondary N) is 1. The smallest absolute Gasteiger partial charge is 0.291 e. The maximum atomic E-state index is 13.6. The second-order valence-electron chi connectivity index (χ2n) is 5.71. The Balaban J connectivity index is 1.81. The second kappa shape index (κ2) is 7.07. The maximum Gasteiger partial charge on any atom is 0.291 e. The molecule has 0 bridgehead atoms. The summed E-state index contributed by atoms with van der Waals surface area (Å²) in [6.45, 7) is 3.64. The van der Waals surface area contributed by atoms with E-state index >= 15 is 0 Å². The lowest BCUT2D eigenvalue weighted by Gasteiger charge is -2.07. The summed E-state index contributed by atoms with van der Waals surface area (Å²) in [5.41, 5.74) is 0.0782. The van der Waals surface area contributed by atoms with Crippen LogP contribution in [0.3, 0.4) is 0 Å². The summed E-state index contributed by atoms with van der Waals surface area (Å²) >= 11 is 6.06. The van der Waals surface area contributed by atoms with Crippen molar-refractivity contribution in [2.45, 2.75) is 20.4 Å². The molecule has 1 aromatic carbocycles. The Morgan fingerprint density at radius 3 is 2.37 bits per heavy atom. The first-order valence-corrected chi connectivity index (χ1v) is 7.99. The standard InChI is InChI=1S/C17H12ClF4N3O2/c1-7-13(18)8(2)25(24-7)6-9-3-4-12(27-9)17(26)23-16-14(21)10(19)5-11(20)15(16)22/h3-5H,6H2,1-2H3,(H,23,26). The average Bonchev–Trinajstić information content (AvgIpc) is 3.18. The third kappa shape index (κ3) is 3.55. The molecule has 142 valence electrons. The van der Waals surface area contributed by atoms with Gasteiger partial charge in [-0.1, -0.05) is 11.6 Å². The van der Waals surface area contributed by atoms with Crippen molar-refractivity contribution in [2.75, 3.05) is 5.32 Å². The topological polar surface area (TPSA) is 60.1 Å². The molecule has 0 aliphatic heterocycles. The lowest BCUT2D eigenvalue weighted by Crippen LogP contribution is -2.15. The SMILES string of the molecule is Cc1nn(Cc2ccc(C(=O)Nc3c(F)c(F)cc(F)c3F)o2)c(C)c1Cl. The Labute approximate surface area is 155 Å². The molecule has 2 aromatic heterocycles. The van der Waals surface area contributed by atoms with Crippen LogP contribution >= 0.6 is 11.6 Å². The number of carbonyl (C=O) groups excluding carboxylic acids is 1.